The molecule has 0 bridgehead atoms. The van der Waals surface area contributed by atoms with E-state index in [4.69, 9.17) is 17.3 Å². The van der Waals surface area contributed by atoms with Gasteiger partial charge in [-0.05, 0) is 36.6 Å². The minimum Gasteiger partial charge on any atom is -0.667 e. The number of nitrogens with one attached hydrogen (secondary N) is 1. The van der Waals surface area contributed by atoms with E-state index in [1.807, 2.05) is 0 Å². The van der Waals surface area contributed by atoms with Crippen molar-refractivity contribution in [2.24, 2.45) is 0 Å². The van der Waals surface area contributed by atoms with Crippen molar-refractivity contribution in [3.63, 3.8) is 0 Å². The van der Waals surface area contributed by atoms with E-state index in [9.17, 15) is 17.6 Å². The second-order valence-electron chi connectivity index (χ2n) is 4.19. The molecule has 0 aromatic heterocycles. The normalized spacial score (nSPS) is 13.7. The van der Waals surface area contributed by atoms with E-state index in [1.165, 1.54) is 6.07 Å². The molecule has 1 N–H and O–H groups in total. The molecule has 0 saturated heterocycles. The van der Waals surface area contributed by atoms with Gasteiger partial charge in [-0.25, -0.2) is 4.39 Å². The first-order chi connectivity index (χ1) is 8.21. The van der Waals surface area contributed by atoms with Gasteiger partial charge in [-0.15, -0.1) is 0 Å². The minimum absolute atomic E-state index is 0.0248. The van der Waals surface area contributed by atoms with Gasteiger partial charge in [0.2, 0.25) is 0 Å². The number of halogens is 5. The van der Waals surface area contributed by atoms with E-state index >= 15 is 0 Å². The van der Waals surface area contributed by atoms with Crippen LogP contribution >= 0.6 is 11.6 Å². The molecule has 0 aliphatic rings. The summed E-state index contributed by atoms with van der Waals surface area (Å²) in [6.45, 7) is 1.55. The maximum absolute atomic E-state index is 13.2. The van der Waals surface area contributed by atoms with Gasteiger partial charge in [-0.1, -0.05) is 30.5 Å². The van der Waals surface area contributed by atoms with Crippen LogP contribution in [0.4, 0.5) is 17.6 Å². The summed E-state index contributed by atoms with van der Waals surface area (Å²) >= 11 is 5.64. The van der Waals surface area contributed by atoms with Crippen LogP contribution in [0.1, 0.15) is 24.0 Å². The van der Waals surface area contributed by atoms with Gasteiger partial charge < -0.3 is 5.73 Å². The topological polar surface area (TPSA) is 23.8 Å². The molecule has 1 aromatic rings. The highest BCUT2D eigenvalue weighted by atomic mass is 35.5. The Morgan fingerprint density at radius 2 is 1.94 bits per heavy atom. The zero-order valence-electron chi connectivity index (χ0n) is 9.74. The minimum atomic E-state index is -4.48. The zero-order chi connectivity index (χ0) is 13.9. The molecule has 0 aliphatic carbocycles. The van der Waals surface area contributed by atoms with Crippen LogP contribution in [0.5, 0.6) is 0 Å². The molecule has 0 saturated carbocycles. The molecule has 102 valence electrons. The van der Waals surface area contributed by atoms with Crippen molar-refractivity contribution in [3.8, 4) is 0 Å². The summed E-state index contributed by atoms with van der Waals surface area (Å²) in [5.74, 6) is -0.505. The van der Waals surface area contributed by atoms with Crippen molar-refractivity contribution in [3.05, 3.63) is 39.8 Å². The number of alkyl halides is 3. The SMILES string of the molecule is Cc1cc(CCC[C@@H]([NH-])C(F)(F)F)cc(Cl)c1F. The first-order valence-corrected chi connectivity index (χ1v) is 5.82. The van der Waals surface area contributed by atoms with Gasteiger partial charge in [0, 0.05) is 0 Å². The summed E-state index contributed by atoms with van der Waals surface area (Å²) in [5, 5.41) is -0.0248. The second kappa shape index (κ2) is 5.89. The van der Waals surface area contributed by atoms with Crippen molar-refractivity contribution in [1.29, 1.82) is 0 Å². The van der Waals surface area contributed by atoms with Crippen molar-refractivity contribution < 1.29 is 17.6 Å². The molecular weight excluding hydrogens is 270 g/mol. The van der Waals surface area contributed by atoms with E-state index in [0.717, 1.165) is 0 Å². The van der Waals surface area contributed by atoms with Crippen molar-refractivity contribution >= 4 is 11.6 Å². The molecule has 18 heavy (non-hydrogen) atoms. The van der Waals surface area contributed by atoms with Crippen LogP contribution in [0.3, 0.4) is 0 Å². The van der Waals surface area contributed by atoms with E-state index in [1.54, 1.807) is 13.0 Å². The van der Waals surface area contributed by atoms with Crippen LogP contribution in [-0.4, -0.2) is 12.2 Å². The molecule has 6 heteroatoms. The first kappa shape index (κ1) is 15.2. The number of benzene rings is 1. The highest BCUT2D eigenvalue weighted by Crippen LogP contribution is 2.27. The van der Waals surface area contributed by atoms with E-state index < -0.39 is 18.0 Å². The third-order valence-electron chi connectivity index (χ3n) is 2.62. The molecule has 0 fully saturated rings. The van der Waals surface area contributed by atoms with Crippen LogP contribution in [-0.2, 0) is 6.42 Å². The second-order valence-corrected chi connectivity index (χ2v) is 4.60. The first-order valence-electron chi connectivity index (χ1n) is 5.44. The smallest absolute Gasteiger partial charge is 0.373 e. The van der Waals surface area contributed by atoms with E-state index in [0.29, 0.717) is 17.5 Å². The standard InChI is InChI=1S/C12H13ClF4N/c1-7-5-8(6-9(13)11(7)14)3-2-4-10(18)12(15,16)17/h5-6,10,18H,2-4H2,1H3/q-1/t10-/m1/s1. The molecule has 0 aliphatic heterocycles. The lowest BCUT2D eigenvalue weighted by Crippen LogP contribution is -2.24. The fraction of sp³-hybridized carbons (Fsp3) is 0.500. The van der Waals surface area contributed by atoms with Gasteiger partial charge in [0.15, 0.2) is 0 Å². The lowest BCUT2D eigenvalue weighted by molar-refractivity contribution is -0.139. The summed E-state index contributed by atoms with van der Waals surface area (Å²) in [7, 11) is 0. The fourth-order valence-electron chi connectivity index (χ4n) is 1.62. The van der Waals surface area contributed by atoms with Gasteiger partial charge in [-0.3, -0.25) is 0 Å². The summed E-state index contributed by atoms with van der Waals surface area (Å²) in [6.07, 6.45) is -4.17. The molecule has 0 amide bonds. The Labute approximate surface area is 108 Å². The van der Waals surface area contributed by atoms with Crippen molar-refractivity contribution in [2.45, 2.75) is 38.4 Å². The Morgan fingerprint density at radius 3 is 2.44 bits per heavy atom. The van der Waals surface area contributed by atoms with Crippen molar-refractivity contribution in [1.82, 2.24) is 0 Å². The largest absolute Gasteiger partial charge is 0.667 e. The number of aryl methyl sites for hydroxylation is 2. The van der Waals surface area contributed by atoms with Gasteiger partial charge >= 0.3 is 6.18 Å². The van der Waals surface area contributed by atoms with Crippen LogP contribution in [0.25, 0.3) is 5.73 Å². The Kier molecular flexibility index (Phi) is 4.99. The number of hydrogen-bond acceptors (Lipinski definition) is 0. The Hall–Kier alpha value is -0.810. The number of hydrogen-bond donors (Lipinski definition) is 0. The monoisotopic (exact) mass is 282 g/mol. The van der Waals surface area contributed by atoms with Crippen LogP contribution in [0.2, 0.25) is 5.02 Å². The lowest BCUT2D eigenvalue weighted by Gasteiger charge is -2.23. The molecule has 1 nitrogen and oxygen atoms in total. The lowest BCUT2D eigenvalue weighted by atomic mass is 10.0. The quantitative estimate of drug-likeness (QED) is 0.687. The fourth-order valence-corrected chi connectivity index (χ4v) is 1.91. The zero-order valence-corrected chi connectivity index (χ0v) is 10.5. The number of rotatable bonds is 4. The Balaban J connectivity index is 2.55. The van der Waals surface area contributed by atoms with Crippen LogP contribution < -0.4 is 0 Å². The maximum Gasteiger partial charge on any atom is 0.373 e. The van der Waals surface area contributed by atoms with E-state index in [-0.39, 0.29) is 17.9 Å². The predicted octanol–water partition coefficient (Wildman–Crippen LogP) is 5.09. The summed E-state index contributed by atoms with van der Waals surface area (Å²) in [5.41, 5.74) is 7.96. The summed E-state index contributed by atoms with van der Waals surface area (Å²) < 4.78 is 49.5. The van der Waals surface area contributed by atoms with Gasteiger partial charge in [-0.2, -0.15) is 13.2 Å². The summed E-state index contributed by atoms with van der Waals surface area (Å²) in [4.78, 5) is 0. The average Bonchev–Trinajstić information content (AvgIpc) is 2.24. The maximum atomic E-state index is 13.2. The molecule has 0 unspecified atom stereocenters. The molecular formula is C12H13ClF4N-. The molecule has 0 spiro atoms. The van der Waals surface area contributed by atoms with Gasteiger partial charge in [0.1, 0.15) is 5.82 Å². The average molecular weight is 283 g/mol. The van der Waals surface area contributed by atoms with Gasteiger partial charge in [0.25, 0.3) is 0 Å². The Bertz CT molecular complexity index is 394. The highest BCUT2D eigenvalue weighted by molar-refractivity contribution is 6.30. The molecule has 1 atom stereocenters. The molecule has 0 radical (unpaired) electrons. The molecule has 0 heterocycles. The molecule has 1 aromatic carbocycles. The third kappa shape index (κ3) is 4.14. The Morgan fingerprint density at radius 1 is 1.33 bits per heavy atom. The van der Waals surface area contributed by atoms with Crippen LogP contribution in [0, 0.1) is 12.7 Å². The summed E-state index contributed by atoms with van der Waals surface area (Å²) in [6, 6.07) is 0.916. The predicted molar refractivity (Wildman–Crippen MR) is 63.2 cm³/mol. The van der Waals surface area contributed by atoms with E-state index in [2.05, 4.69) is 0 Å². The highest BCUT2D eigenvalue weighted by Gasteiger charge is 2.30. The molecule has 1 rings (SSSR count). The van der Waals surface area contributed by atoms with Crippen molar-refractivity contribution in [2.75, 3.05) is 0 Å². The third-order valence-corrected chi connectivity index (χ3v) is 2.90. The van der Waals surface area contributed by atoms with Crippen LogP contribution in [0.15, 0.2) is 12.1 Å². The van der Waals surface area contributed by atoms with Gasteiger partial charge in [0.05, 0.1) is 5.02 Å².